The molecule has 0 aliphatic heterocycles. The summed E-state index contributed by atoms with van der Waals surface area (Å²) < 4.78 is 15.7. The van der Waals surface area contributed by atoms with E-state index in [2.05, 4.69) is 4.98 Å². The van der Waals surface area contributed by atoms with Gasteiger partial charge in [-0.1, -0.05) is 41.9 Å². The zero-order chi connectivity index (χ0) is 19.9. The third-order valence-corrected chi connectivity index (χ3v) is 5.02. The van der Waals surface area contributed by atoms with Crippen molar-refractivity contribution < 1.29 is 19.0 Å². The third kappa shape index (κ3) is 4.91. The van der Waals surface area contributed by atoms with E-state index in [-0.39, 0.29) is 6.61 Å². The van der Waals surface area contributed by atoms with Crippen LogP contribution in [0.4, 0.5) is 0 Å². The average molecular weight is 416 g/mol. The van der Waals surface area contributed by atoms with Crippen LogP contribution >= 0.6 is 22.9 Å². The van der Waals surface area contributed by atoms with Gasteiger partial charge in [-0.3, -0.25) is 0 Å². The van der Waals surface area contributed by atoms with Gasteiger partial charge in [-0.05, 0) is 23.8 Å². The molecule has 3 aromatic rings. The fraction of sp³-hybridized carbons (Fsp3) is 0.143. The summed E-state index contributed by atoms with van der Waals surface area (Å²) in [4.78, 5) is 16.5. The molecule has 0 bridgehead atoms. The van der Waals surface area contributed by atoms with Crippen LogP contribution in [0.1, 0.15) is 11.3 Å². The molecule has 28 heavy (non-hydrogen) atoms. The summed E-state index contributed by atoms with van der Waals surface area (Å²) in [7, 11) is 3.03. The van der Waals surface area contributed by atoms with Crippen LogP contribution in [0.25, 0.3) is 16.6 Å². The number of carbonyl (C=O) groups is 1. The smallest absolute Gasteiger partial charge is 0.331 e. The van der Waals surface area contributed by atoms with Crippen molar-refractivity contribution in [2.45, 2.75) is 6.61 Å². The second-order valence-electron chi connectivity index (χ2n) is 5.69. The van der Waals surface area contributed by atoms with Crippen LogP contribution in [0.3, 0.4) is 0 Å². The number of hydrogen-bond acceptors (Lipinski definition) is 6. The lowest BCUT2D eigenvalue weighted by atomic mass is 10.2. The molecule has 3 rings (SSSR count). The van der Waals surface area contributed by atoms with Gasteiger partial charge in [0, 0.05) is 17.0 Å². The highest BCUT2D eigenvalue weighted by Gasteiger charge is 2.10. The number of rotatable bonds is 7. The minimum absolute atomic E-state index is 0.110. The van der Waals surface area contributed by atoms with E-state index in [4.69, 9.17) is 25.8 Å². The second kappa shape index (κ2) is 9.39. The quantitative estimate of drug-likeness (QED) is 0.390. The largest absolute Gasteiger partial charge is 0.493 e. The summed E-state index contributed by atoms with van der Waals surface area (Å²) in [5.74, 6) is 0.459. The molecule has 0 unspecified atom stereocenters. The zero-order valence-electron chi connectivity index (χ0n) is 15.3. The Hall–Kier alpha value is -2.83. The Balaban J connectivity index is 1.60. The molecule has 0 amide bonds. The van der Waals surface area contributed by atoms with Gasteiger partial charge in [-0.25, -0.2) is 9.78 Å². The fourth-order valence-electron chi connectivity index (χ4n) is 2.48. The molecule has 0 aliphatic carbocycles. The Labute approximate surface area is 172 Å². The van der Waals surface area contributed by atoms with Gasteiger partial charge in [0.15, 0.2) is 11.5 Å². The number of carbonyl (C=O) groups excluding carboxylic acids is 1. The maximum Gasteiger partial charge on any atom is 0.331 e. The predicted octanol–water partition coefficient (Wildman–Crippen LogP) is 5.24. The molecule has 1 heterocycles. The monoisotopic (exact) mass is 415 g/mol. The first kappa shape index (κ1) is 19.9. The maximum atomic E-state index is 12.0. The highest BCUT2D eigenvalue weighted by molar-refractivity contribution is 7.13. The molecular weight excluding hydrogens is 398 g/mol. The van der Waals surface area contributed by atoms with Crippen LogP contribution in [0.5, 0.6) is 11.5 Å². The molecule has 0 N–H and O–H groups in total. The summed E-state index contributed by atoms with van der Waals surface area (Å²) in [5.41, 5.74) is 2.44. The molecule has 0 aliphatic rings. The molecule has 1 aromatic heterocycles. The average Bonchev–Trinajstić information content (AvgIpc) is 3.20. The van der Waals surface area contributed by atoms with E-state index < -0.39 is 5.97 Å². The summed E-state index contributed by atoms with van der Waals surface area (Å²) in [6, 6.07) is 13.3. The van der Waals surface area contributed by atoms with Crippen molar-refractivity contribution in [3.8, 4) is 22.1 Å². The summed E-state index contributed by atoms with van der Waals surface area (Å²) in [6.07, 6.45) is 2.94. The highest BCUT2D eigenvalue weighted by atomic mass is 35.5. The molecule has 7 heteroatoms. The molecular formula is C21H18ClNO4S. The lowest BCUT2D eigenvalue weighted by Crippen LogP contribution is -2.01. The van der Waals surface area contributed by atoms with Crippen molar-refractivity contribution in [2.24, 2.45) is 0 Å². The van der Waals surface area contributed by atoms with Crippen molar-refractivity contribution >= 4 is 35.0 Å². The van der Waals surface area contributed by atoms with Crippen molar-refractivity contribution in [3.05, 3.63) is 70.2 Å². The Bertz CT molecular complexity index is 985. The number of thiazole rings is 1. The molecule has 0 atom stereocenters. The van der Waals surface area contributed by atoms with Gasteiger partial charge in [0.1, 0.15) is 11.6 Å². The van der Waals surface area contributed by atoms with Crippen molar-refractivity contribution in [1.29, 1.82) is 0 Å². The number of aromatic nitrogens is 1. The van der Waals surface area contributed by atoms with Gasteiger partial charge in [0.25, 0.3) is 0 Å². The van der Waals surface area contributed by atoms with Gasteiger partial charge in [0.05, 0.1) is 24.9 Å². The zero-order valence-corrected chi connectivity index (χ0v) is 16.9. The van der Waals surface area contributed by atoms with Gasteiger partial charge in [-0.2, -0.15) is 0 Å². The Morgan fingerprint density at radius 1 is 1.18 bits per heavy atom. The van der Waals surface area contributed by atoms with E-state index in [1.165, 1.54) is 31.6 Å². The summed E-state index contributed by atoms with van der Waals surface area (Å²) >= 11 is 7.67. The first-order chi connectivity index (χ1) is 13.6. The predicted molar refractivity (Wildman–Crippen MR) is 111 cm³/mol. The molecule has 0 saturated heterocycles. The number of halogens is 1. The Morgan fingerprint density at radius 2 is 1.96 bits per heavy atom. The van der Waals surface area contributed by atoms with E-state index >= 15 is 0 Å². The topological polar surface area (TPSA) is 57.7 Å². The molecule has 2 aromatic carbocycles. The molecule has 0 radical (unpaired) electrons. The lowest BCUT2D eigenvalue weighted by Gasteiger charge is -2.10. The lowest BCUT2D eigenvalue weighted by molar-refractivity contribution is -0.139. The fourth-order valence-corrected chi connectivity index (χ4v) is 3.58. The summed E-state index contributed by atoms with van der Waals surface area (Å²) in [5, 5.41) is 3.17. The maximum absolute atomic E-state index is 12.0. The van der Waals surface area contributed by atoms with E-state index in [0.29, 0.717) is 27.8 Å². The van der Waals surface area contributed by atoms with Crippen LogP contribution in [0.2, 0.25) is 5.02 Å². The van der Waals surface area contributed by atoms with E-state index in [1.807, 2.05) is 35.7 Å². The van der Waals surface area contributed by atoms with Gasteiger partial charge < -0.3 is 14.2 Å². The van der Waals surface area contributed by atoms with E-state index in [9.17, 15) is 4.79 Å². The van der Waals surface area contributed by atoms with E-state index in [1.54, 1.807) is 18.2 Å². The third-order valence-electron chi connectivity index (χ3n) is 3.80. The first-order valence-electron chi connectivity index (χ1n) is 8.37. The van der Waals surface area contributed by atoms with Crippen LogP contribution in [0.15, 0.2) is 53.9 Å². The number of esters is 1. The molecule has 0 spiro atoms. The molecule has 144 valence electrons. The second-order valence-corrected chi connectivity index (χ2v) is 6.95. The van der Waals surface area contributed by atoms with Gasteiger partial charge in [0.2, 0.25) is 0 Å². The highest BCUT2D eigenvalue weighted by Crippen LogP contribution is 2.36. The summed E-state index contributed by atoms with van der Waals surface area (Å²) in [6.45, 7) is 0.110. The van der Waals surface area contributed by atoms with Gasteiger partial charge in [-0.15, -0.1) is 11.3 Å². The molecule has 0 saturated carbocycles. The van der Waals surface area contributed by atoms with Crippen LogP contribution in [-0.4, -0.2) is 25.2 Å². The van der Waals surface area contributed by atoms with Crippen LogP contribution < -0.4 is 9.47 Å². The number of benzene rings is 2. The molecule has 0 fully saturated rings. The first-order valence-corrected chi connectivity index (χ1v) is 9.62. The van der Waals surface area contributed by atoms with Crippen molar-refractivity contribution in [1.82, 2.24) is 4.98 Å². The SMILES string of the molecule is COc1cc(/C=C/C(=O)OCc2csc(-c3ccccc3)n2)cc(Cl)c1OC. The van der Waals surface area contributed by atoms with E-state index in [0.717, 1.165) is 10.6 Å². The Kier molecular flexibility index (Phi) is 6.68. The number of ether oxygens (including phenoxy) is 3. The number of methoxy groups -OCH3 is 2. The van der Waals surface area contributed by atoms with Crippen molar-refractivity contribution in [3.63, 3.8) is 0 Å². The molecule has 5 nitrogen and oxygen atoms in total. The Morgan fingerprint density at radius 3 is 2.68 bits per heavy atom. The minimum atomic E-state index is -0.472. The number of hydrogen-bond donors (Lipinski definition) is 0. The van der Waals surface area contributed by atoms with Gasteiger partial charge >= 0.3 is 5.97 Å². The van der Waals surface area contributed by atoms with Crippen LogP contribution in [-0.2, 0) is 16.1 Å². The number of nitrogens with zero attached hydrogens (tertiary/aromatic N) is 1. The minimum Gasteiger partial charge on any atom is -0.493 e. The van der Waals surface area contributed by atoms with Crippen molar-refractivity contribution in [2.75, 3.05) is 14.2 Å². The standard InChI is InChI=1S/C21H18ClNO4S/c1-25-18-11-14(10-17(22)20(18)26-2)8-9-19(24)27-12-16-13-28-21(23-16)15-6-4-3-5-7-15/h3-11,13H,12H2,1-2H3/b9-8+. The van der Waals surface area contributed by atoms with Crippen LogP contribution in [0, 0.1) is 0 Å². The normalized spacial score (nSPS) is 10.8.